The van der Waals surface area contributed by atoms with Crippen LogP contribution in [0.4, 0.5) is 4.79 Å². The first-order valence-electron chi connectivity index (χ1n) is 11.6. The van der Waals surface area contributed by atoms with Gasteiger partial charge in [0.05, 0.1) is 12.6 Å². The standard InChI is InChI=1S/C20H33NO3.C5H12O2/c1-5-6-7-8-9-16-10-12-17(13-11-16)14-18(15-22)21-19(23)24-20(2,3)4;1-3-6-5-7-4-2/h10-13,18,22H,5-9,14-15H2,1-4H3,(H,21,23);3-5H2,1-2H3. The van der Waals surface area contributed by atoms with Crippen molar-refractivity contribution in [2.45, 2.75) is 91.7 Å². The largest absolute Gasteiger partial charge is 0.444 e. The number of ether oxygens (including phenoxy) is 3. The molecule has 0 saturated heterocycles. The van der Waals surface area contributed by atoms with Crippen molar-refractivity contribution in [1.29, 1.82) is 0 Å². The van der Waals surface area contributed by atoms with Crippen LogP contribution < -0.4 is 5.32 Å². The van der Waals surface area contributed by atoms with E-state index in [1.54, 1.807) is 0 Å². The van der Waals surface area contributed by atoms with Gasteiger partial charge in [0.1, 0.15) is 12.4 Å². The molecule has 0 fully saturated rings. The quantitative estimate of drug-likeness (QED) is 0.324. The molecule has 0 aliphatic carbocycles. The van der Waals surface area contributed by atoms with Crippen LogP contribution in [0.25, 0.3) is 0 Å². The molecule has 6 heteroatoms. The van der Waals surface area contributed by atoms with Crippen molar-refractivity contribution in [2.24, 2.45) is 0 Å². The molecule has 1 aromatic rings. The van der Waals surface area contributed by atoms with Gasteiger partial charge in [-0.1, -0.05) is 50.5 Å². The van der Waals surface area contributed by atoms with E-state index < -0.39 is 11.7 Å². The maximum absolute atomic E-state index is 11.8. The van der Waals surface area contributed by atoms with Crippen LogP contribution in [0.5, 0.6) is 0 Å². The number of aryl methyl sites for hydroxylation is 1. The summed E-state index contributed by atoms with van der Waals surface area (Å²) in [7, 11) is 0. The number of hydrogen-bond acceptors (Lipinski definition) is 5. The van der Waals surface area contributed by atoms with Gasteiger partial charge in [-0.05, 0) is 65.0 Å². The summed E-state index contributed by atoms with van der Waals surface area (Å²) in [5.74, 6) is 0. The molecule has 1 amide bonds. The zero-order valence-electron chi connectivity index (χ0n) is 20.5. The number of alkyl carbamates (subject to hydrolysis) is 1. The van der Waals surface area contributed by atoms with E-state index in [9.17, 15) is 9.90 Å². The minimum atomic E-state index is -0.538. The van der Waals surface area contributed by atoms with E-state index in [1.165, 1.54) is 31.2 Å². The Bertz CT molecular complexity index is 550. The molecule has 31 heavy (non-hydrogen) atoms. The minimum Gasteiger partial charge on any atom is -0.444 e. The van der Waals surface area contributed by atoms with Gasteiger partial charge in [0.2, 0.25) is 0 Å². The number of nitrogens with one attached hydrogen (secondary N) is 1. The van der Waals surface area contributed by atoms with Crippen molar-refractivity contribution in [1.82, 2.24) is 5.32 Å². The van der Waals surface area contributed by atoms with E-state index in [4.69, 9.17) is 14.2 Å². The van der Waals surface area contributed by atoms with Crippen LogP contribution in [0.3, 0.4) is 0 Å². The first-order chi connectivity index (χ1) is 14.8. The molecular formula is C25H45NO5. The lowest BCUT2D eigenvalue weighted by Crippen LogP contribution is -2.42. The fraction of sp³-hybridized carbons (Fsp3) is 0.720. The van der Waals surface area contributed by atoms with Crippen LogP contribution in [0.1, 0.15) is 78.4 Å². The van der Waals surface area contributed by atoms with Crippen molar-refractivity contribution in [3.8, 4) is 0 Å². The lowest BCUT2D eigenvalue weighted by molar-refractivity contribution is -0.0445. The summed E-state index contributed by atoms with van der Waals surface area (Å²) in [5.41, 5.74) is 1.90. The summed E-state index contributed by atoms with van der Waals surface area (Å²) < 4.78 is 14.9. The highest BCUT2D eigenvalue weighted by molar-refractivity contribution is 5.68. The molecule has 0 aliphatic rings. The Morgan fingerprint density at radius 2 is 1.55 bits per heavy atom. The Kier molecular flexibility index (Phi) is 17.0. The van der Waals surface area contributed by atoms with Crippen LogP contribution in [0, 0.1) is 0 Å². The molecule has 0 aromatic heterocycles. The molecule has 1 unspecified atom stereocenters. The van der Waals surface area contributed by atoms with Gasteiger partial charge in [-0.3, -0.25) is 0 Å². The van der Waals surface area contributed by atoms with E-state index >= 15 is 0 Å². The van der Waals surface area contributed by atoms with Crippen LogP contribution in [0.15, 0.2) is 24.3 Å². The van der Waals surface area contributed by atoms with E-state index in [2.05, 4.69) is 36.5 Å². The third-order valence-corrected chi connectivity index (χ3v) is 4.34. The molecule has 0 spiro atoms. The average Bonchev–Trinajstić information content (AvgIpc) is 2.71. The average molecular weight is 440 g/mol. The van der Waals surface area contributed by atoms with Gasteiger partial charge in [0, 0.05) is 13.2 Å². The van der Waals surface area contributed by atoms with Crippen molar-refractivity contribution >= 4 is 6.09 Å². The third-order valence-electron chi connectivity index (χ3n) is 4.34. The molecule has 2 N–H and O–H groups in total. The molecule has 6 nitrogen and oxygen atoms in total. The summed E-state index contributed by atoms with van der Waals surface area (Å²) in [6, 6.07) is 8.10. The summed E-state index contributed by atoms with van der Waals surface area (Å²) in [5, 5.41) is 12.2. The van der Waals surface area contributed by atoms with Crippen LogP contribution >= 0.6 is 0 Å². The van der Waals surface area contributed by atoms with Gasteiger partial charge in [-0.15, -0.1) is 0 Å². The fourth-order valence-electron chi connectivity index (χ4n) is 2.74. The fourth-order valence-corrected chi connectivity index (χ4v) is 2.74. The van der Waals surface area contributed by atoms with Crippen molar-refractivity contribution in [3.05, 3.63) is 35.4 Å². The zero-order chi connectivity index (χ0) is 23.5. The summed E-state index contributed by atoms with van der Waals surface area (Å²) in [6.07, 6.45) is 6.27. The van der Waals surface area contributed by atoms with E-state index in [0.29, 0.717) is 13.2 Å². The molecule has 180 valence electrons. The number of carbonyl (C=O) groups is 1. The van der Waals surface area contributed by atoms with Gasteiger partial charge in [-0.2, -0.15) is 0 Å². The Hall–Kier alpha value is -1.63. The number of carbonyl (C=O) groups excluding carboxylic acids is 1. The molecule has 0 bridgehead atoms. The smallest absolute Gasteiger partial charge is 0.407 e. The van der Waals surface area contributed by atoms with Crippen LogP contribution in [0.2, 0.25) is 0 Å². The van der Waals surface area contributed by atoms with Crippen LogP contribution in [-0.2, 0) is 27.1 Å². The second kappa shape index (κ2) is 18.0. The highest BCUT2D eigenvalue weighted by Crippen LogP contribution is 2.12. The first kappa shape index (κ1) is 29.4. The van der Waals surface area contributed by atoms with Gasteiger partial charge >= 0.3 is 6.09 Å². The predicted octanol–water partition coefficient (Wildman–Crippen LogP) is 5.25. The topological polar surface area (TPSA) is 77.0 Å². The normalized spacial score (nSPS) is 12.0. The number of rotatable bonds is 13. The maximum atomic E-state index is 11.8. The van der Waals surface area contributed by atoms with Crippen molar-refractivity contribution in [3.63, 3.8) is 0 Å². The second-order valence-electron chi connectivity index (χ2n) is 8.46. The van der Waals surface area contributed by atoms with E-state index in [-0.39, 0.29) is 12.6 Å². The Morgan fingerprint density at radius 1 is 0.968 bits per heavy atom. The van der Waals surface area contributed by atoms with Gasteiger partial charge in [0.15, 0.2) is 0 Å². The number of amides is 1. The van der Waals surface area contributed by atoms with Crippen LogP contribution in [-0.4, -0.2) is 49.5 Å². The first-order valence-corrected chi connectivity index (χ1v) is 11.6. The van der Waals surface area contributed by atoms with E-state index in [0.717, 1.165) is 25.2 Å². The monoisotopic (exact) mass is 439 g/mol. The van der Waals surface area contributed by atoms with Crippen molar-refractivity contribution in [2.75, 3.05) is 26.6 Å². The molecule has 1 atom stereocenters. The number of benzene rings is 1. The molecule has 0 aliphatic heterocycles. The van der Waals surface area contributed by atoms with Gasteiger partial charge in [0.25, 0.3) is 0 Å². The van der Waals surface area contributed by atoms with Gasteiger partial charge < -0.3 is 24.6 Å². The highest BCUT2D eigenvalue weighted by Gasteiger charge is 2.19. The molecular weight excluding hydrogens is 394 g/mol. The van der Waals surface area contributed by atoms with Gasteiger partial charge in [-0.25, -0.2) is 4.79 Å². The number of aliphatic hydroxyl groups excluding tert-OH is 1. The number of unbranched alkanes of at least 4 members (excludes halogenated alkanes) is 3. The molecule has 0 saturated carbocycles. The maximum Gasteiger partial charge on any atom is 0.407 e. The Labute approximate surface area is 189 Å². The third kappa shape index (κ3) is 17.7. The molecule has 1 aromatic carbocycles. The SMILES string of the molecule is CCCCCCc1ccc(CC(CO)NC(=O)OC(C)(C)C)cc1.CCOCOCC. The summed E-state index contributed by atoms with van der Waals surface area (Å²) >= 11 is 0. The number of hydrogen-bond donors (Lipinski definition) is 2. The summed E-state index contributed by atoms with van der Waals surface area (Å²) in [4.78, 5) is 11.8. The second-order valence-corrected chi connectivity index (χ2v) is 8.46. The Morgan fingerprint density at radius 3 is 2.03 bits per heavy atom. The highest BCUT2D eigenvalue weighted by atomic mass is 16.7. The zero-order valence-corrected chi connectivity index (χ0v) is 20.5. The molecule has 1 rings (SSSR count). The predicted molar refractivity (Wildman–Crippen MR) is 126 cm³/mol. The Balaban J connectivity index is 0.00000110. The lowest BCUT2D eigenvalue weighted by atomic mass is 10.0. The number of aliphatic hydroxyl groups is 1. The molecule has 0 radical (unpaired) electrons. The minimum absolute atomic E-state index is 0.113. The van der Waals surface area contributed by atoms with Crippen molar-refractivity contribution < 1.29 is 24.1 Å². The lowest BCUT2D eigenvalue weighted by Gasteiger charge is -2.22. The summed E-state index contributed by atoms with van der Waals surface area (Å²) in [6.45, 7) is 13.4. The molecule has 0 heterocycles. The van der Waals surface area contributed by atoms with E-state index in [1.807, 2.05) is 34.6 Å².